The summed E-state index contributed by atoms with van der Waals surface area (Å²) in [7, 11) is 0. The van der Waals surface area contributed by atoms with E-state index in [1.807, 2.05) is 13.8 Å². The van der Waals surface area contributed by atoms with Crippen molar-refractivity contribution in [2.75, 3.05) is 13.2 Å². The Morgan fingerprint density at radius 2 is 1.39 bits per heavy atom. The Bertz CT molecular complexity index is 371. The second-order valence-corrected chi connectivity index (χ2v) is 4.88. The van der Waals surface area contributed by atoms with E-state index < -0.39 is 11.3 Å². The highest BCUT2D eigenvalue weighted by molar-refractivity contribution is 5.85. The van der Waals surface area contributed by atoms with E-state index in [0.29, 0.717) is 25.3 Å². The summed E-state index contributed by atoms with van der Waals surface area (Å²) in [4.78, 5) is 9.39. The molecule has 1 aliphatic carbocycles. The molecule has 0 bridgehead atoms. The van der Waals surface area contributed by atoms with Crippen molar-refractivity contribution in [2.24, 2.45) is 9.98 Å². The fourth-order valence-electron chi connectivity index (χ4n) is 3.03. The van der Waals surface area contributed by atoms with Gasteiger partial charge >= 0.3 is 0 Å². The standard InChI is InChI=1S/C12H20N4O2/c1-3-17-9-13-11-7-5-6-8-12(11,14-9)16-10(15-11)18-4-2/h3-8H2,1-2H3,(H,13,14)(H,15,16). The molecule has 2 heterocycles. The third-order valence-electron chi connectivity index (χ3n) is 3.79. The molecule has 1 saturated carbocycles. The molecule has 0 aromatic rings. The van der Waals surface area contributed by atoms with Crippen LogP contribution in [0.1, 0.15) is 39.5 Å². The van der Waals surface area contributed by atoms with Gasteiger partial charge in [0.15, 0.2) is 11.3 Å². The van der Waals surface area contributed by atoms with Crippen LogP contribution in [-0.4, -0.2) is 36.6 Å². The number of hydrogen-bond acceptors (Lipinski definition) is 6. The van der Waals surface area contributed by atoms with E-state index >= 15 is 0 Å². The molecule has 0 aromatic carbocycles. The summed E-state index contributed by atoms with van der Waals surface area (Å²) in [5.74, 6) is 0. The third kappa shape index (κ3) is 1.47. The van der Waals surface area contributed by atoms with Crippen molar-refractivity contribution in [2.45, 2.75) is 50.9 Å². The lowest BCUT2D eigenvalue weighted by molar-refractivity contribution is 0.157. The van der Waals surface area contributed by atoms with Crippen LogP contribution in [0.5, 0.6) is 0 Å². The van der Waals surface area contributed by atoms with Crippen LogP contribution in [0.15, 0.2) is 9.98 Å². The van der Waals surface area contributed by atoms with Gasteiger partial charge < -0.3 is 20.1 Å². The molecule has 0 radical (unpaired) electrons. The van der Waals surface area contributed by atoms with Gasteiger partial charge in [0.1, 0.15) is 0 Å². The summed E-state index contributed by atoms with van der Waals surface area (Å²) in [6.07, 6.45) is 4.20. The molecule has 0 aromatic heterocycles. The fraction of sp³-hybridized carbons (Fsp3) is 0.833. The first kappa shape index (κ1) is 11.6. The summed E-state index contributed by atoms with van der Waals surface area (Å²) in [6.45, 7) is 5.14. The minimum Gasteiger partial charge on any atom is -0.465 e. The lowest BCUT2D eigenvalue weighted by Crippen LogP contribution is -2.61. The van der Waals surface area contributed by atoms with E-state index in [1.54, 1.807) is 0 Å². The quantitative estimate of drug-likeness (QED) is 0.767. The average molecular weight is 252 g/mol. The summed E-state index contributed by atoms with van der Waals surface area (Å²) in [6, 6.07) is 1.21. The average Bonchev–Trinajstić information content (AvgIpc) is 2.78. The first-order chi connectivity index (χ1) is 8.74. The summed E-state index contributed by atoms with van der Waals surface area (Å²) in [5.41, 5.74) is -0.805. The molecule has 0 amide bonds. The van der Waals surface area contributed by atoms with Crippen molar-refractivity contribution >= 4 is 12.0 Å². The number of hydrogen-bond donors (Lipinski definition) is 2. The second-order valence-electron chi connectivity index (χ2n) is 4.88. The number of amidine groups is 2. The molecule has 3 aliphatic rings. The highest BCUT2D eigenvalue weighted by Gasteiger charge is 2.63. The molecule has 18 heavy (non-hydrogen) atoms. The maximum atomic E-state index is 5.50. The number of aliphatic imine (C=N–C) groups is 2. The number of ether oxygens (including phenoxy) is 2. The first-order valence-electron chi connectivity index (χ1n) is 6.75. The van der Waals surface area contributed by atoms with Crippen LogP contribution in [0.4, 0.5) is 0 Å². The highest BCUT2D eigenvalue weighted by Crippen LogP contribution is 2.45. The highest BCUT2D eigenvalue weighted by atomic mass is 16.5. The molecule has 0 spiro atoms. The fourth-order valence-corrected chi connectivity index (χ4v) is 3.03. The Balaban J connectivity index is 1.90. The van der Waals surface area contributed by atoms with E-state index in [4.69, 9.17) is 19.5 Å². The van der Waals surface area contributed by atoms with Gasteiger partial charge in [0.05, 0.1) is 13.2 Å². The molecule has 2 unspecified atom stereocenters. The van der Waals surface area contributed by atoms with Crippen molar-refractivity contribution in [1.82, 2.24) is 10.6 Å². The topological polar surface area (TPSA) is 67.2 Å². The van der Waals surface area contributed by atoms with Gasteiger partial charge in [-0.15, -0.1) is 0 Å². The van der Waals surface area contributed by atoms with Gasteiger partial charge in [-0.25, -0.2) is 9.98 Å². The van der Waals surface area contributed by atoms with Gasteiger partial charge in [0.25, 0.3) is 12.0 Å². The predicted octanol–water partition coefficient (Wildman–Crippen LogP) is 0.944. The van der Waals surface area contributed by atoms with Gasteiger partial charge in [-0.3, -0.25) is 0 Å². The Labute approximate surface area is 107 Å². The van der Waals surface area contributed by atoms with Gasteiger partial charge in [-0.05, 0) is 39.5 Å². The minimum absolute atomic E-state index is 0.403. The lowest BCUT2D eigenvalue weighted by atomic mass is 9.81. The van der Waals surface area contributed by atoms with Crippen molar-refractivity contribution in [3.8, 4) is 0 Å². The summed E-state index contributed by atoms with van der Waals surface area (Å²) < 4.78 is 11.0. The molecular weight excluding hydrogens is 232 g/mol. The summed E-state index contributed by atoms with van der Waals surface area (Å²) in [5, 5.41) is 6.69. The van der Waals surface area contributed by atoms with Crippen molar-refractivity contribution < 1.29 is 9.47 Å². The second kappa shape index (κ2) is 4.03. The maximum absolute atomic E-state index is 5.50. The van der Waals surface area contributed by atoms with Gasteiger partial charge in [0, 0.05) is 0 Å². The SMILES string of the molecule is CCOC1=NC23CCCCC2(N=C(OCC)N3)N1. The maximum Gasteiger partial charge on any atom is 0.289 e. The molecule has 2 N–H and O–H groups in total. The smallest absolute Gasteiger partial charge is 0.289 e. The van der Waals surface area contributed by atoms with Crippen molar-refractivity contribution in [1.29, 1.82) is 0 Å². The number of rotatable bonds is 2. The first-order valence-corrected chi connectivity index (χ1v) is 6.75. The van der Waals surface area contributed by atoms with Crippen LogP contribution in [0.2, 0.25) is 0 Å². The largest absolute Gasteiger partial charge is 0.465 e. The predicted molar refractivity (Wildman–Crippen MR) is 68.3 cm³/mol. The van der Waals surface area contributed by atoms with E-state index in [-0.39, 0.29) is 0 Å². The van der Waals surface area contributed by atoms with E-state index in [0.717, 1.165) is 25.7 Å². The zero-order valence-corrected chi connectivity index (χ0v) is 11.0. The van der Waals surface area contributed by atoms with Crippen LogP contribution >= 0.6 is 0 Å². The zero-order chi connectivity index (χ0) is 12.6. The van der Waals surface area contributed by atoms with Crippen molar-refractivity contribution in [3.63, 3.8) is 0 Å². The third-order valence-corrected chi connectivity index (χ3v) is 3.79. The van der Waals surface area contributed by atoms with Crippen LogP contribution in [0.25, 0.3) is 0 Å². The molecule has 100 valence electrons. The van der Waals surface area contributed by atoms with Gasteiger partial charge in [0.2, 0.25) is 0 Å². The minimum atomic E-state index is -0.403. The molecule has 1 fully saturated rings. The van der Waals surface area contributed by atoms with Crippen LogP contribution in [0.3, 0.4) is 0 Å². The zero-order valence-electron chi connectivity index (χ0n) is 11.0. The molecule has 0 saturated heterocycles. The molecule has 3 rings (SSSR count). The van der Waals surface area contributed by atoms with Crippen LogP contribution in [-0.2, 0) is 9.47 Å². The normalized spacial score (nSPS) is 36.8. The molecular formula is C12H20N4O2. The molecule has 6 heteroatoms. The van der Waals surface area contributed by atoms with Gasteiger partial charge in [-0.2, -0.15) is 0 Å². The Morgan fingerprint density at radius 3 is 1.78 bits per heavy atom. The number of nitrogens with zero attached hydrogens (tertiary/aromatic N) is 2. The van der Waals surface area contributed by atoms with Crippen LogP contribution < -0.4 is 10.6 Å². The summed E-state index contributed by atoms with van der Waals surface area (Å²) >= 11 is 0. The number of nitrogens with one attached hydrogen (secondary N) is 2. The lowest BCUT2D eigenvalue weighted by Gasteiger charge is -2.39. The molecule has 2 aliphatic heterocycles. The monoisotopic (exact) mass is 252 g/mol. The van der Waals surface area contributed by atoms with E-state index in [2.05, 4.69) is 10.6 Å². The van der Waals surface area contributed by atoms with Gasteiger partial charge in [-0.1, -0.05) is 0 Å². The Morgan fingerprint density at radius 1 is 0.944 bits per heavy atom. The van der Waals surface area contributed by atoms with E-state index in [9.17, 15) is 0 Å². The Kier molecular flexibility index (Phi) is 2.60. The molecule has 2 atom stereocenters. The molecule has 6 nitrogen and oxygen atoms in total. The van der Waals surface area contributed by atoms with Crippen LogP contribution in [0, 0.1) is 0 Å². The van der Waals surface area contributed by atoms with E-state index in [1.165, 1.54) is 0 Å². The van der Waals surface area contributed by atoms with Crippen molar-refractivity contribution in [3.05, 3.63) is 0 Å². The Hall–Kier alpha value is -1.46.